The Bertz CT molecular complexity index is 951. The molecule has 3 atom stereocenters. The first-order valence-corrected chi connectivity index (χ1v) is 8.38. The molecule has 0 radical (unpaired) electrons. The van der Waals surface area contributed by atoms with Gasteiger partial charge in [-0.1, -0.05) is 6.08 Å². The number of rotatable bonds is 6. The molecule has 9 nitrogen and oxygen atoms in total. The number of carbonyl (C=O) groups excluding carboxylic acids is 1. The van der Waals surface area contributed by atoms with Gasteiger partial charge in [0, 0.05) is 29.8 Å². The minimum Gasteiger partial charge on any atom is -0.388 e. The van der Waals surface area contributed by atoms with Crippen LogP contribution in [0.25, 0.3) is 0 Å². The second-order valence-corrected chi connectivity index (χ2v) is 6.41. The Balaban J connectivity index is 1.74. The maximum Gasteiger partial charge on any atom is 0.269 e. The highest BCUT2D eigenvalue weighted by Gasteiger charge is 2.37. The molecule has 3 unspecified atom stereocenters. The van der Waals surface area contributed by atoms with Crippen LogP contribution in [0, 0.1) is 26.1 Å². The summed E-state index contributed by atoms with van der Waals surface area (Å²) in [6.45, 7) is 0. The van der Waals surface area contributed by atoms with Crippen molar-refractivity contribution in [2.75, 3.05) is 0 Å². The molecule has 2 aromatic rings. The zero-order valence-electron chi connectivity index (χ0n) is 14.5. The number of benzene rings is 2. The van der Waals surface area contributed by atoms with E-state index in [0.29, 0.717) is 11.1 Å². The van der Waals surface area contributed by atoms with Gasteiger partial charge in [0.2, 0.25) is 0 Å². The highest BCUT2D eigenvalue weighted by molar-refractivity contribution is 6.01. The van der Waals surface area contributed by atoms with Crippen molar-refractivity contribution in [2.45, 2.75) is 18.6 Å². The fourth-order valence-corrected chi connectivity index (χ4v) is 3.18. The van der Waals surface area contributed by atoms with Gasteiger partial charge in [0.1, 0.15) is 6.10 Å². The summed E-state index contributed by atoms with van der Waals surface area (Å²) in [6, 6.07) is 10.5. The number of aliphatic hydroxyl groups excluding tert-OH is 2. The SMILES string of the molecule is O=C1C(C(O)c2ccc([N+](=O)[O-])cc2)=CCC1C(O)c1ccc([N+](=O)[O-])cc1. The van der Waals surface area contributed by atoms with E-state index in [1.807, 2.05) is 0 Å². The average Bonchev–Trinajstić information content (AvgIpc) is 3.08. The van der Waals surface area contributed by atoms with Gasteiger partial charge in [-0.25, -0.2) is 0 Å². The molecule has 0 saturated carbocycles. The average molecular weight is 384 g/mol. The summed E-state index contributed by atoms with van der Waals surface area (Å²) in [6.07, 6.45) is -0.696. The van der Waals surface area contributed by atoms with Crippen LogP contribution in [0.15, 0.2) is 60.2 Å². The second-order valence-electron chi connectivity index (χ2n) is 6.41. The van der Waals surface area contributed by atoms with Crippen LogP contribution in [0.3, 0.4) is 0 Å². The maximum absolute atomic E-state index is 12.7. The van der Waals surface area contributed by atoms with Crippen molar-refractivity contribution >= 4 is 17.2 Å². The summed E-state index contributed by atoms with van der Waals surface area (Å²) in [7, 11) is 0. The number of nitrogens with zero attached hydrogens (tertiary/aromatic N) is 2. The molecular weight excluding hydrogens is 368 g/mol. The van der Waals surface area contributed by atoms with Crippen molar-refractivity contribution in [3.63, 3.8) is 0 Å². The summed E-state index contributed by atoms with van der Waals surface area (Å²) in [5, 5.41) is 42.4. The number of hydrogen-bond acceptors (Lipinski definition) is 7. The molecule has 9 heteroatoms. The summed E-state index contributed by atoms with van der Waals surface area (Å²) in [5.41, 5.74) is 0.550. The van der Waals surface area contributed by atoms with Crippen molar-refractivity contribution < 1.29 is 24.9 Å². The van der Waals surface area contributed by atoms with Gasteiger partial charge < -0.3 is 10.2 Å². The van der Waals surface area contributed by atoms with Crippen LogP contribution in [0.1, 0.15) is 29.8 Å². The van der Waals surface area contributed by atoms with Crippen LogP contribution >= 0.6 is 0 Å². The molecule has 2 N–H and O–H groups in total. The Morgan fingerprint density at radius 1 is 0.857 bits per heavy atom. The van der Waals surface area contributed by atoms with E-state index >= 15 is 0 Å². The van der Waals surface area contributed by atoms with Gasteiger partial charge in [0.25, 0.3) is 11.4 Å². The van der Waals surface area contributed by atoms with Gasteiger partial charge in [-0.15, -0.1) is 0 Å². The van der Waals surface area contributed by atoms with E-state index < -0.39 is 33.8 Å². The van der Waals surface area contributed by atoms with Crippen LogP contribution in [0.2, 0.25) is 0 Å². The van der Waals surface area contributed by atoms with Gasteiger partial charge in [0.15, 0.2) is 5.78 Å². The third-order valence-corrected chi connectivity index (χ3v) is 4.75. The Morgan fingerprint density at radius 2 is 1.32 bits per heavy atom. The number of nitro benzene ring substituents is 2. The van der Waals surface area contributed by atoms with Gasteiger partial charge in [-0.3, -0.25) is 25.0 Å². The molecule has 1 aliphatic rings. The first kappa shape index (κ1) is 19.3. The number of carbonyl (C=O) groups is 1. The lowest BCUT2D eigenvalue weighted by Crippen LogP contribution is -2.21. The predicted octanol–water partition coefficient (Wildman–Crippen LogP) is 2.79. The highest BCUT2D eigenvalue weighted by Crippen LogP contribution is 2.38. The Hall–Kier alpha value is -3.43. The first-order chi connectivity index (χ1) is 13.3. The quantitative estimate of drug-likeness (QED) is 0.575. The number of ketones is 1. The van der Waals surface area contributed by atoms with Crippen molar-refractivity contribution in [2.24, 2.45) is 5.92 Å². The molecule has 0 heterocycles. The standard InChI is InChI=1S/C19H16N2O7/c22-17(11-1-5-13(6-2-11)20(25)26)15-9-10-16(19(15)24)18(23)12-3-7-14(8-4-12)21(27)28/h1-9,16-18,22-23H,10H2. The fraction of sp³-hybridized carbons (Fsp3) is 0.211. The van der Waals surface area contributed by atoms with E-state index in [9.17, 15) is 35.2 Å². The lowest BCUT2D eigenvalue weighted by atomic mass is 9.90. The normalized spacial score (nSPS) is 18.4. The van der Waals surface area contributed by atoms with E-state index in [-0.39, 0.29) is 23.4 Å². The third-order valence-electron chi connectivity index (χ3n) is 4.75. The number of hydrogen-bond donors (Lipinski definition) is 2. The number of allylic oxidation sites excluding steroid dienone is 1. The number of aliphatic hydroxyl groups is 2. The molecular formula is C19H16N2O7. The second kappa shape index (κ2) is 7.67. The predicted molar refractivity (Wildman–Crippen MR) is 97.3 cm³/mol. The molecule has 2 aromatic carbocycles. The van der Waals surface area contributed by atoms with Crippen molar-refractivity contribution in [1.82, 2.24) is 0 Å². The van der Waals surface area contributed by atoms with E-state index in [1.54, 1.807) is 0 Å². The monoisotopic (exact) mass is 384 g/mol. The Kier molecular flexibility index (Phi) is 5.30. The van der Waals surface area contributed by atoms with E-state index in [1.165, 1.54) is 54.6 Å². The summed E-state index contributed by atoms with van der Waals surface area (Å²) in [5.74, 6) is -1.25. The molecule has 1 aliphatic carbocycles. The molecule has 0 aromatic heterocycles. The Labute approximate surface area is 158 Å². The van der Waals surface area contributed by atoms with Crippen LogP contribution < -0.4 is 0 Å². The lowest BCUT2D eigenvalue weighted by Gasteiger charge is -2.19. The molecule has 144 valence electrons. The summed E-state index contributed by atoms with van der Waals surface area (Å²) in [4.78, 5) is 33.0. The van der Waals surface area contributed by atoms with E-state index in [2.05, 4.69) is 0 Å². The highest BCUT2D eigenvalue weighted by atomic mass is 16.6. The lowest BCUT2D eigenvalue weighted by molar-refractivity contribution is -0.385. The van der Waals surface area contributed by atoms with Gasteiger partial charge in [-0.05, 0) is 41.8 Å². The largest absolute Gasteiger partial charge is 0.388 e. The minimum atomic E-state index is -1.26. The zero-order valence-corrected chi connectivity index (χ0v) is 14.5. The van der Waals surface area contributed by atoms with Gasteiger partial charge >= 0.3 is 0 Å². The molecule has 3 rings (SSSR count). The van der Waals surface area contributed by atoms with E-state index in [4.69, 9.17) is 0 Å². The van der Waals surface area contributed by atoms with Crippen molar-refractivity contribution in [1.29, 1.82) is 0 Å². The Morgan fingerprint density at radius 3 is 1.79 bits per heavy atom. The summed E-state index contributed by atoms with van der Waals surface area (Å²) < 4.78 is 0. The first-order valence-electron chi connectivity index (χ1n) is 8.38. The smallest absolute Gasteiger partial charge is 0.269 e. The van der Waals surface area contributed by atoms with Crippen LogP contribution in [-0.4, -0.2) is 25.8 Å². The number of Topliss-reactive ketones (excluding diaryl/α,β-unsaturated/α-hetero) is 1. The fourth-order valence-electron chi connectivity index (χ4n) is 3.18. The van der Waals surface area contributed by atoms with Crippen LogP contribution in [-0.2, 0) is 4.79 Å². The molecule has 0 saturated heterocycles. The number of non-ortho nitro benzene ring substituents is 2. The van der Waals surface area contributed by atoms with Crippen molar-refractivity contribution in [3.8, 4) is 0 Å². The molecule has 0 fully saturated rings. The minimum absolute atomic E-state index is 0.111. The van der Waals surface area contributed by atoms with Crippen LogP contribution in [0.4, 0.5) is 11.4 Å². The maximum atomic E-state index is 12.7. The van der Waals surface area contributed by atoms with Crippen LogP contribution in [0.5, 0.6) is 0 Å². The third kappa shape index (κ3) is 3.66. The zero-order chi connectivity index (χ0) is 20.4. The molecule has 0 bridgehead atoms. The van der Waals surface area contributed by atoms with Crippen molar-refractivity contribution in [3.05, 3.63) is 91.5 Å². The van der Waals surface area contributed by atoms with Gasteiger partial charge in [-0.2, -0.15) is 0 Å². The topological polar surface area (TPSA) is 144 Å². The summed E-state index contributed by atoms with van der Waals surface area (Å²) >= 11 is 0. The molecule has 28 heavy (non-hydrogen) atoms. The van der Waals surface area contributed by atoms with E-state index in [0.717, 1.165) is 0 Å². The molecule has 0 aliphatic heterocycles. The molecule has 0 amide bonds. The van der Waals surface area contributed by atoms with Gasteiger partial charge in [0.05, 0.1) is 21.9 Å². The number of nitro groups is 2. The molecule has 0 spiro atoms.